The Morgan fingerprint density at radius 1 is 0.452 bits per heavy atom. The Labute approximate surface area is 261 Å². The van der Waals surface area contributed by atoms with Crippen LogP contribution in [0.3, 0.4) is 0 Å². The van der Waals surface area contributed by atoms with E-state index in [4.69, 9.17) is 9.47 Å². The van der Waals surface area contributed by atoms with E-state index in [1.807, 2.05) is 0 Å². The van der Waals surface area contributed by atoms with E-state index >= 15 is 0 Å². The van der Waals surface area contributed by atoms with Gasteiger partial charge in [0.1, 0.15) is 6.61 Å². The molecule has 5 heteroatoms. The van der Waals surface area contributed by atoms with Gasteiger partial charge in [-0.1, -0.05) is 181 Å². The fourth-order valence-corrected chi connectivity index (χ4v) is 5.55. The number of aliphatic hydroxyl groups is 1. The highest BCUT2D eigenvalue weighted by molar-refractivity contribution is 5.70. The van der Waals surface area contributed by atoms with Crippen LogP contribution in [0.2, 0.25) is 0 Å². The summed E-state index contributed by atoms with van der Waals surface area (Å²) in [6, 6.07) is 0. The molecule has 0 aliphatic heterocycles. The molecule has 0 bridgehead atoms. The van der Waals surface area contributed by atoms with Gasteiger partial charge < -0.3 is 14.6 Å². The van der Waals surface area contributed by atoms with E-state index in [0.717, 1.165) is 38.5 Å². The number of carbonyl (C=O) groups is 2. The first-order valence-electron chi connectivity index (χ1n) is 18.6. The van der Waals surface area contributed by atoms with Gasteiger partial charge in [-0.3, -0.25) is 9.59 Å². The summed E-state index contributed by atoms with van der Waals surface area (Å²) in [5.41, 5.74) is 0. The summed E-state index contributed by atoms with van der Waals surface area (Å²) in [5, 5.41) is 9.45. The van der Waals surface area contributed by atoms with Gasteiger partial charge in [0.2, 0.25) is 0 Å². The Hall–Kier alpha value is -1.10. The molecule has 0 aliphatic carbocycles. The van der Waals surface area contributed by atoms with Crippen molar-refractivity contribution in [1.82, 2.24) is 0 Å². The van der Waals surface area contributed by atoms with E-state index in [9.17, 15) is 14.7 Å². The van der Waals surface area contributed by atoms with Crippen molar-refractivity contribution in [3.05, 3.63) is 0 Å². The summed E-state index contributed by atoms with van der Waals surface area (Å²) in [6.45, 7) is 4.06. The van der Waals surface area contributed by atoms with Crippen molar-refractivity contribution < 1.29 is 24.2 Å². The molecular formula is C37H72O5. The van der Waals surface area contributed by atoms with Gasteiger partial charge in [0.05, 0.1) is 6.61 Å². The predicted octanol–water partition coefficient (Wildman–Crippen LogP) is 11.2. The summed E-state index contributed by atoms with van der Waals surface area (Å²) in [6.07, 6.45) is 36.4. The molecule has 0 fully saturated rings. The third-order valence-corrected chi connectivity index (χ3v) is 8.40. The standard InChI is InChI=1S/C37H72O5/c1-3-5-7-9-10-11-12-13-14-15-16-17-18-19-20-21-22-23-24-25-26-28-30-32-37(40)42-35(33-38)34-41-36(39)31-29-27-8-6-4-2/h35,38H,3-34H2,1-2H3. The van der Waals surface area contributed by atoms with E-state index in [-0.39, 0.29) is 25.2 Å². The third kappa shape index (κ3) is 31.8. The van der Waals surface area contributed by atoms with Gasteiger partial charge in [0.15, 0.2) is 6.10 Å². The lowest BCUT2D eigenvalue weighted by Gasteiger charge is -2.15. The van der Waals surface area contributed by atoms with E-state index < -0.39 is 6.10 Å². The zero-order valence-corrected chi connectivity index (χ0v) is 28.3. The zero-order valence-electron chi connectivity index (χ0n) is 28.3. The summed E-state index contributed by atoms with van der Waals surface area (Å²) in [7, 11) is 0. The lowest BCUT2D eigenvalue weighted by Crippen LogP contribution is -2.28. The molecule has 0 radical (unpaired) electrons. The molecule has 0 saturated heterocycles. The first-order valence-corrected chi connectivity index (χ1v) is 18.6. The van der Waals surface area contributed by atoms with Gasteiger partial charge in [-0.15, -0.1) is 0 Å². The minimum atomic E-state index is -0.758. The highest BCUT2D eigenvalue weighted by Crippen LogP contribution is 2.16. The van der Waals surface area contributed by atoms with Gasteiger partial charge >= 0.3 is 11.9 Å². The van der Waals surface area contributed by atoms with Crippen LogP contribution in [-0.4, -0.2) is 36.4 Å². The van der Waals surface area contributed by atoms with Crippen molar-refractivity contribution in [2.75, 3.05) is 13.2 Å². The molecule has 0 aliphatic rings. The number of ether oxygens (including phenoxy) is 2. The number of rotatable bonds is 34. The van der Waals surface area contributed by atoms with E-state index in [0.29, 0.717) is 12.8 Å². The molecule has 0 aromatic carbocycles. The van der Waals surface area contributed by atoms with Crippen LogP contribution in [0.5, 0.6) is 0 Å². The van der Waals surface area contributed by atoms with Crippen molar-refractivity contribution in [2.45, 2.75) is 213 Å². The molecule has 250 valence electrons. The van der Waals surface area contributed by atoms with Crippen molar-refractivity contribution in [3.63, 3.8) is 0 Å². The molecule has 0 amide bonds. The Morgan fingerprint density at radius 2 is 0.738 bits per heavy atom. The summed E-state index contributed by atoms with van der Waals surface area (Å²) in [5.74, 6) is -0.594. The van der Waals surface area contributed by atoms with E-state index in [1.54, 1.807) is 0 Å². The highest BCUT2D eigenvalue weighted by atomic mass is 16.6. The molecule has 42 heavy (non-hydrogen) atoms. The molecule has 0 rings (SSSR count). The molecule has 0 saturated carbocycles. The molecule has 0 spiro atoms. The van der Waals surface area contributed by atoms with E-state index in [1.165, 1.54) is 141 Å². The molecule has 0 aromatic heterocycles. The fraction of sp³-hybridized carbons (Fsp3) is 0.946. The van der Waals surface area contributed by atoms with Gasteiger partial charge in [-0.25, -0.2) is 0 Å². The topological polar surface area (TPSA) is 72.8 Å². The molecular weight excluding hydrogens is 524 g/mol. The third-order valence-electron chi connectivity index (χ3n) is 8.40. The van der Waals surface area contributed by atoms with Crippen molar-refractivity contribution in [3.8, 4) is 0 Å². The fourth-order valence-electron chi connectivity index (χ4n) is 5.55. The van der Waals surface area contributed by atoms with E-state index in [2.05, 4.69) is 13.8 Å². The predicted molar refractivity (Wildman–Crippen MR) is 178 cm³/mol. The quantitative estimate of drug-likeness (QED) is 0.0591. The number of hydrogen-bond acceptors (Lipinski definition) is 5. The maximum Gasteiger partial charge on any atom is 0.306 e. The Balaban J connectivity index is 3.37. The lowest BCUT2D eigenvalue weighted by atomic mass is 10.0. The number of carbonyl (C=O) groups excluding carboxylic acids is 2. The second-order valence-electron chi connectivity index (χ2n) is 12.7. The largest absolute Gasteiger partial charge is 0.462 e. The normalized spacial score (nSPS) is 12.0. The maximum atomic E-state index is 12.1. The van der Waals surface area contributed by atoms with Gasteiger partial charge in [0, 0.05) is 12.8 Å². The summed E-state index contributed by atoms with van der Waals surface area (Å²) < 4.78 is 10.5. The van der Waals surface area contributed by atoms with Crippen molar-refractivity contribution >= 4 is 11.9 Å². The zero-order chi connectivity index (χ0) is 30.8. The molecule has 0 aromatic rings. The van der Waals surface area contributed by atoms with Gasteiger partial charge in [-0.2, -0.15) is 0 Å². The van der Waals surface area contributed by atoms with Gasteiger partial charge in [0.25, 0.3) is 0 Å². The van der Waals surface area contributed by atoms with Crippen LogP contribution in [-0.2, 0) is 19.1 Å². The van der Waals surface area contributed by atoms with Gasteiger partial charge in [-0.05, 0) is 12.8 Å². The number of aliphatic hydroxyl groups excluding tert-OH is 1. The average Bonchev–Trinajstić information content (AvgIpc) is 2.99. The molecule has 1 N–H and O–H groups in total. The average molecular weight is 597 g/mol. The minimum Gasteiger partial charge on any atom is -0.462 e. The van der Waals surface area contributed by atoms with Crippen molar-refractivity contribution in [1.29, 1.82) is 0 Å². The first-order chi connectivity index (χ1) is 20.6. The molecule has 1 atom stereocenters. The van der Waals surface area contributed by atoms with Crippen LogP contribution in [0.1, 0.15) is 206 Å². The second-order valence-corrected chi connectivity index (χ2v) is 12.7. The Kier molecular flexibility index (Phi) is 33.5. The summed E-state index contributed by atoms with van der Waals surface area (Å²) >= 11 is 0. The molecule has 1 unspecified atom stereocenters. The Bertz CT molecular complexity index is 564. The molecule has 5 nitrogen and oxygen atoms in total. The van der Waals surface area contributed by atoms with Crippen LogP contribution in [0.4, 0.5) is 0 Å². The highest BCUT2D eigenvalue weighted by Gasteiger charge is 2.16. The number of unbranched alkanes of at least 4 members (excludes halogenated alkanes) is 26. The SMILES string of the molecule is CCCCCCCCCCCCCCCCCCCCCCCCCC(=O)OC(CO)COC(=O)CCCCCCC. The minimum absolute atomic E-state index is 0.0601. The first kappa shape index (κ1) is 40.9. The monoisotopic (exact) mass is 597 g/mol. The van der Waals surface area contributed by atoms with Crippen LogP contribution < -0.4 is 0 Å². The number of hydrogen-bond donors (Lipinski definition) is 1. The lowest BCUT2D eigenvalue weighted by molar-refractivity contribution is -0.161. The van der Waals surface area contributed by atoms with Crippen molar-refractivity contribution in [2.24, 2.45) is 0 Å². The molecule has 0 heterocycles. The second kappa shape index (κ2) is 34.4. The maximum absolute atomic E-state index is 12.1. The summed E-state index contributed by atoms with van der Waals surface area (Å²) in [4.78, 5) is 23.9. The van der Waals surface area contributed by atoms with Crippen LogP contribution >= 0.6 is 0 Å². The van der Waals surface area contributed by atoms with Crippen LogP contribution in [0.15, 0.2) is 0 Å². The van der Waals surface area contributed by atoms with Crippen LogP contribution in [0, 0.1) is 0 Å². The number of esters is 2. The Morgan fingerprint density at radius 3 is 1.05 bits per heavy atom. The van der Waals surface area contributed by atoms with Crippen LogP contribution in [0.25, 0.3) is 0 Å². The smallest absolute Gasteiger partial charge is 0.306 e.